The zero-order valence-electron chi connectivity index (χ0n) is 19.8. The van der Waals surface area contributed by atoms with Crippen molar-refractivity contribution in [3.8, 4) is 11.3 Å². The van der Waals surface area contributed by atoms with Crippen molar-refractivity contribution in [2.24, 2.45) is 0 Å². The van der Waals surface area contributed by atoms with E-state index in [9.17, 15) is 14.9 Å². The molecule has 2 heterocycles. The van der Waals surface area contributed by atoms with Crippen LogP contribution in [0.1, 0.15) is 10.4 Å². The predicted molar refractivity (Wildman–Crippen MR) is 143 cm³/mol. The van der Waals surface area contributed by atoms with Crippen LogP contribution in [-0.4, -0.2) is 51.9 Å². The number of nitro groups is 1. The number of hydrogen-bond donors (Lipinski definition) is 1. The minimum absolute atomic E-state index is 0.0316. The highest BCUT2D eigenvalue weighted by Crippen LogP contribution is 2.23. The highest BCUT2D eigenvalue weighted by molar-refractivity contribution is 6.30. The molecule has 0 atom stereocenters. The third-order valence-corrected chi connectivity index (χ3v) is 6.43. The number of piperazine rings is 1. The van der Waals surface area contributed by atoms with Crippen LogP contribution in [0.15, 0.2) is 85.1 Å². The summed E-state index contributed by atoms with van der Waals surface area (Å²) in [4.78, 5) is 36.3. The summed E-state index contributed by atoms with van der Waals surface area (Å²) < 4.78 is 0. The summed E-state index contributed by atoms with van der Waals surface area (Å²) in [6.07, 6.45) is 1.69. The van der Waals surface area contributed by atoms with Crippen molar-refractivity contribution in [2.45, 2.75) is 0 Å². The molecule has 0 saturated carbocycles. The highest BCUT2D eigenvalue weighted by Gasteiger charge is 2.22. The Morgan fingerprint density at radius 3 is 2.22 bits per heavy atom. The van der Waals surface area contributed by atoms with Gasteiger partial charge in [0, 0.05) is 72.0 Å². The summed E-state index contributed by atoms with van der Waals surface area (Å²) in [6.45, 7) is 2.46. The Kier molecular flexibility index (Phi) is 6.96. The number of nitrogens with one attached hydrogen (secondary N) is 1. The summed E-state index contributed by atoms with van der Waals surface area (Å²) in [5, 5.41) is 14.7. The summed E-state index contributed by atoms with van der Waals surface area (Å²) in [7, 11) is 0. The van der Waals surface area contributed by atoms with Gasteiger partial charge < -0.3 is 15.1 Å². The molecule has 1 aliphatic heterocycles. The lowest BCUT2D eigenvalue weighted by atomic mass is 10.1. The average molecular weight is 515 g/mol. The summed E-state index contributed by atoms with van der Waals surface area (Å²) >= 11 is 5.97. The number of hydrogen-bond acceptors (Lipinski definition) is 7. The molecule has 5 rings (SSSR count). The van der Waals surface area contributed by atoms with Crippen LogP contribution in [0, 0.1) is 10.1 Å². The SMILES string of the molecule is O=C(c1ccc(Nc2nccc(-c3ccc(Cl)cc3)n2)cc1)N1CCN(c2ccc([N+](=O)[O-])cc2)CC1. The van der Waals surface area contributed by atoms with Crippen LogP contribution in [0.5, 0.6) is 0 Å². The molecule has 0 spiro atoms. The van der Waals surface area contributed by atoms with E-state index in [4.69, 9.17) is 11.6 Å². The van der Waals surface area contributed by atoms with E-state index in [0.717, 1.165) is 22.6 Å². The van der Waals surface area contributed by atoms with Gasteiger partial charge in [0.1, 0.15) is 0 Å². The number of carbonyl (C=O) groups is 1. The van der Waals surface area contributed by atoms with Crippen molar-refractivity contribution in [2.75, 3.05) is 36.4 Å². The zero-order valence-corrected chi connectivity index (χ0v) is 20.5. The molecule has 3 aromatic carbocycles. The fourth-order valence-corrected chi connectivity index (χ4v) is 4.29. The molecule has 10 heteroatoms. The Hall–Kier alpha value is -4.50. The number of carbonyl (C=O) groups excluding carboxylic acids is 1. The molecular formula is C27H23ClN6O3. The molecule has 1 amide bonds. The van der Waals surface area contributed by atoms with Crippen LogP contribution < -0.4 is 10.2 Å². The Bertz CT molecular complexity index is 1400. The van der Waals surface area contributed by atoms with Gasteiger partial charge in [-0.3, -0.25) is 14.9 Å². The zero-order chi connectivity index (χ0) is 25.8. The number of benzene rings is 3. The van der Waals surface area contributed by atoms with E-state index in [1.807, 2.05) is 47.4 Å². The van der Waals surface area contributed by atoms with E-state index >= 15 is 0 Å². The number of halogens is 1. The Balaban J connectivity index is 1.18. The number of aromatic nitrogens is 2. The quantitative estimate of drug-likeness (QED) is 0.271. The lowest BCUT2D eigenvalue weighted by Crippen LogP contribution is -2.48. The van der Waals surface area contributed by atoms with E-state index in [1.165, 1.54) is 12.1 Å². The maximum atomic E-state index is 13.0. The molecule has 1 aromatic heterocycles. The van der Waals surface area contributed by atoms with Crippen molar-refractivity contribution >= 4 is 40.5 Å². The molecule has 0 unspecified atom stereocenters. The van der Waals surface area contributed by atoms with Crippen LogP contribution in [0.3, 0.4) is 0 Å². The number of nitrogens with zero attached hydrogens (tertiary/aromatic N) is 5. The van der Waals surface area contributed by atoms with Crippen LogP contribution in [0.25, 0.3) is 11.3 Å². The van der Waals surface area contributed by atoms with E-state index in [1.54, 1.807) is 30.5 Å². The molecule has 1 fully saturated rings. The number of nitro benzene ring substituents is 1. The number of anilines is 3. The molecule has 9 nitrogen and oxygen atoms in total. The molecule has 1 N–H and O–H groups in total. The molecular weight excluding hydrogens is 492 g/mol. The first-order chi connectivity index (χ1) is 18.0. The molecule has 0 aliphatic carbocycles. The monoisotopic (exact) mass is 514 g/mol. The number of non-ortho nitro benzene ring substituents is 1. The largest absolute Gasteiger partial charge is 0.368 e. The first-order valence-corrected chi connectivity index (χ1v) is 12.1. The van der Waals surface area contributed by atoms with Crippen molar-refractivity contribution in [1.29, 1.82) is 0 Å². The van der Waals surface area contributed by atoms with Crippen LogP contribution >= 0.6 is 11.6 Å². The van der Waals surface area contributed by atoms with Gasteiger partial charge in [0.05, 0.1) is 10.6 Å². The van der Waals surface area contributed by atoms with Gasteiger partial charge in [-0.25, -0.2) is 9.97 Å². The van der Waals surface area contributed by atoms with Crippen molar-refractivity contribution in [3.05, 3.63) is 106 Å². The van der Waals surface area contributed by atoms with E-state index < -0.39 is 4.92 Å². The number of rotatable bonds is 6. The van der Waals surface area contributed by atoms with Gasteiger partial charge in [0.2, 0.25) is 5.95 Å². The van der Waals surface area contributed by atoms with Crippen LogP contribution in [0.4, 0.5) is 23.0 Å². The predicted octanol–water partition coefficient (Wildman–Crippen LogP) is 5.41. The molecule has 1 aliphatic rings. The van der Waals surface area contributed by atoms with E-state index in [2.05, 4.69) is 20.2 Å². The first-order valence-electron chi connectivity index (χ1n) is 11.7. The minimum Gasteiger partial charge on any atom is -0.368 e. The fourth-order valence-electron chi connectivity index (χ4n) is 4.16. The van der Waals surface area contributed by atoms with Crippen molar-refractivity contribution in [3.63, 3.8) is 0 Å². The Morgan fingerprint density at radius 1 is 0.892 bits per heavy atom. The van der Waals surface area contributed by atoms with Crippen molar-refractivity contribution in [1.82, 2.24) is 14.9 Å². The molecule has 1 saturated heterocycles. The summed E-state index contributed by atoms with van der Waals surface area (Å²) in [5.74, 6) is 0.421. The third kappa shape index (κ3) is 5.68. The molecule has 37 heavy (non-hydrogen) atoms. The van der Waals surface area contributed by atoms with Crippen LogP contribution in [0.2, 0.25) is 5.02 Å². The summed E-state index contributed by atoms with van der Waals surface area (Å²) in [5.41, 5.74) is 4.06. The van der Waals surface area contributed by atoms with Crippen LogP contribution in [-0.2, 0) is 0 Å². The third-order valence-electron chi connectivity index (χ3n) is 6.18. The Morgan fingerprint density at radius 2 is 1.57 bits per heavy atom. The van der Waals surface area contributed by atoms with E-state index in [-0.39, 0.29) is 11.6 Å². The van der Waals surface area contributed by atoms with Gasteiger partial charge in [-0.2, -0.15) is 0 Å². The Labute approximate surface area is 218 Å². The standard InChI is InChI=1S/C27H23ClN6O3/c28-21-5-1-19(2-6-21)25-13-14-29-27(31-25)30-22-7-3-20(4-8-22)26(35)33-17-15-32(16-18-33)23-9-11-24(12-10-23)34(36)37/h1-14H,15-18H2,(H,29,30,31). The van der Waals surface area contributed by atoms with Gasteiger partial charge in [-0.05, 0) is 54.6 Å². The smallest absolute Gasteiger partial charge is 0.269 e. The fraction of sp³-hybridized carbons (Fsp3) is 0.148. The lowest BCUT2D eigenvalue weighted by molar-refractivity contribution is -0.384. The first kappa shape index (κ1) is 24.2. The maximum Gasteiger partial charge on any atom is 0.269 e. The van der Waals surface area contributed by atoms with Gasteiger partial charge in [0.25, 0.3) is 11.6 Å². The van der Waals surface area contributed by atoms with Gasteiger partial charge in [0.15, 0.2) is 0 Å². The minimum atomic E-state index is -0.410. The lowest BCUT2D eigenvalue weighted by Gasteiger charge is -2.36. The molecule has 4 aromatic rings. The molecule has 186 valence electrons. The summed E-state index contributed by atoms with van der Waals surface area (Å²) in [6, 6.07) is 23.0. The van der Waals surface area contributed by atoms with Gasteiger partial charge in [-0.15, -0.1) is 0 Å². The topological polar surface area (TPSA) is 104 Å². The molecule has 0 radical (unpaired) electrons. The maximum absolute atomic E-state index is 13.0. The number of amides is 1. The van der Waals surface area contributed by atoms with Crippen molar-refractivity contribution < 1.29 is 9.72 Å². The second-order valence-corrected chi connectivity index (χ2v) is 8.96. The second kappa shape index (κ2) is 10.6. The average Bonchev–Trinajstić information content (AvgIpc) is 2.94. The van der Waals surface area contributed by atoms with Gasteiger partial charge in [-0.1, -0.05) is 23.7 Å². The highest BCUT2D eigenvalue weighted by atomic mass is 35.5. The normalized spacial score (nSPS) is 13.3. The van der Waals surface area contributed by atoms with E-state index in [0.29, 0.717) is 42.7 Å². The second-order valence-electron chi connectivity index (χ2n) is 8.53. The molecule has 0 bridgehead atoms. The van der Waals surface area contributed by atoms with Gasteiger partial charge >= 0.3 is 0 Å².